The highest BCUT2D eigenvalue weighted by molar-refractivity contribution is 5.79. The van der Waals surface area contributed by atoms with Gasteiger partial charge in [0.05, 0.1) is 18.9 Å². The molecule has 10 heteroatoms. The summed E-state index contributed by atoms with van der Waals surface area (Å²) in [6.07, 6.45) is 0.967. The second kappa shape index (κ2) is 11.1. The van der Waals surface area contributed by atoms with Gasteiger partial charge in [0.25, 0.3) is 0 Å². The molecule has 3 heterocycles. The first kappa shape index (κ1) is 22.2. The van der Waals surface area contributed by atoms with Crippen molar-refractivity contribution in [2.45, 2.75) is 40.3 Å². The molecule has 30 heavy (non-hydrogen) atoms. The third-order valence-corrected chi connectivity index (χ3v) is 5.33. The SMILES string of the molecule is Cc1cc(C)n(CCCNC(=NCc2nnc(C)n2C)NCCN2CCOCC2)n1. The topological polar surface area (TPSA) is 97.4 Å². The van der Waals surface area contributed by atoms with Crippen molar-refractivity contribution in [1.29, 1.82) is 0 Å². The van der Waals surface area contributed by atoms with Crippen LogP contribution in [0.5, 0.6) is 0 Å². The van der Waals surface area contributed by atoms with Crippen molar-refractivity contribution in [1.82, 2.24) is 40.1 Å². The molecule has 1 saturated heterocycles. The average molecular weight is 418 g/mol. The van der Waals surface area contributed by atoms with Gasteiger partial charge >= 0.3 is 0 Å². The number of morpholine rings is 1. The number of hydrogen-bond acceptors (Lipinski definition) is 6. The smallest absolute Gasteiger partial charge is 0.191 e. The fourth-order valence-electron chi connectivity index (χ4n) is 3.41. The summed E-state index contributed by atoms with van der Waals surface area (Å²) < 4.78 is 9.45. The van der Waals surface area contributed by atoms with Crippen molar-refractivity contribution in [3.63, 3.8) is 0 Å². The molecule has 0 unspecified atom stereocenters. The Morgan fingerprint density at radius 1 is 1.10 bits per heavy atom. The summed E-state index contributed by atoms with van der Waals surface area (Å²) in [5, 5.41) is 19.7. The van der Waals surface area contributed by atoms with E-state index >= 15 is 0 Å². The van der Waals surface area contributed by atoms with Crippen LogP contribution in [-0.2, 0) is 24.9 Å². The number of guanidine groups is 1. The molecule has 1 fully saturated rings. The molecular formula is C20H35N9O. The van der Waals surface area contributed by atoms with E-state index in [2.05, 4.69) is 48.5 Å². The number of aryl methyl sites for hydroxylation is 4. The predicted octanol–water partition coefficient (Wildman–Crippen LogP) is 0.395. The van der Waals surface area contributed by atoms with Gasteiger partial charge in [-0.1, -0.05) is 0 Å². The Morgan fingerprint density at radius 2 is 1.87 bits per heavy atom. The van der Waals surface area contributed by atoms with Gasteiger partial charge in [-0.3, -0.25) is 9.58 Å². The maximum absolute atomic E-state index is 5.42. The van der Waals surface area contributed by atoms with Gasteiger partial charge in [-0.25, -0.2) is 4.99 Å². The second-order valence-electron chi connectivity index (χ2n) is 7.70. The molecule has 0 atom stereocenters. The number of nitrogens with one attached hydrogen (secondary N) is 2. The summed E-state index contributed by atoms with van der Waals surface area (Å²) >= 11 is 0. The highest BCUT2D eigenvalue weighted by atomic mass is 16.5. The summed E-state index contributed by atoms with van der Waals surface area (Å²) in [7, 11) is 1.97. The normalized spacial score (nSPS) is 15.5. The van der Waals surface area contributed by atoms with Crippen LogP contribution in [0.1, 0.15) is 29.5 Å². The first-order valence-electron chi connectivity index (χ1n) is 10.7. The molecule has 1 aliphatic heterocycles. The standard InChI is InChI=1S/C20H35N9O/c1-16-14-17(2)29(26-16)8-5-6-21-20(22-7-9-28-10-12-30-13-11-28)23-15-19-25-24-18(3)27(19)4/h14H,5-13,15H2,1-4H3,(H2,21,22,23). The summed E-state index contributed by atoms with van der Waals surface area (Å²) in [5.41, 5.74) is 2.26. The van der Waals surface area contributed by atoms with Crippen molar-refractivity contribution in [3.05, 3.63) is 29.1 Å². The number of aromatic nitrogens is 5. The van der Waals surface area contributed by atoms with Crippen LogP contribution in [0.4, 0.5) is 0 Å². The Balaban J connectivity index is 1.50. The molecule has 0 saturated carbocycles. The molecule has 166 valence electrons. The van der Waals surface area contributed by atoms with Crippen LogP contribution in [0, 0.1) is 20.8 Å². The van der Waals surface area contributed by atoms with E-state index in [1.807, 2.05) is 25.5 Å². The van der Waals surface area contributed by atoms with Crippen LogP contribution in [0.15, 0.2) is 11.1 Å². The third kappa shape index (κ3) is 6.53. The van der Waals surface area contributed by atoms with Crippen LogP contribution in [0.2, 0.25) is 0 Å². The van der Waals surface area contributed by atoms with E-state index < -0.39 is 0 Å². The molecule has 0 radical (unpaired) electrons. The van der Waals surface area contributed by atoms with Gasteiger partial charge in [0.1, 0.15) is 12.4 Å². The molecule has 0 spiro atoms. The van der Waals surface area contributed by atoms with E-state index in [-0.39, 0.29) is 0 Å². The lowest BCUT2D eigenvalue weighted by molar-refractivity contribution is 0.0389. The monoisotopic (exact) mass is 417 g/mol. The van der Waals surface area contributed by atoms with E-state index in [1.165, 1.54) is 5.69 Å². The lowest BCUT2D eigenvalue weighted by Crippen LogP contribution is -2.44. The summed E-state index contributed by atoms with van der Waals surface area (Å²) in [5.74, 6) is 2.54. The zero-order valence-corrected chi connectivity index (χ0v) is 18.7. The average Bonchev–Trinajstić information content (AvgIpc) is 3.23. The first-order valence-corrected chi connectivity index (χ1v) is 10.7. The maximum atomic E-state index is 5.42. The quantitative estimate of drug-likeness (QED) is 0.346. The van der Waals surface area contributed by atoms with Crippen molar-refractivity contribution < 1.29 is 4.74 Å². The van der Waals surface area contributed by atoms with E-state index in [0.29, 0.717) is 6.54 Å². The van der Waals surface area contributed by atoms with Gasteiger partial charge in [0.2, 0.25) is 0 Å². The Labute approximate surface area is 178 Å². The van der Waals surface area contributed by atoms with Crippen LogP contribution >= 0.6 is 0 Å². The fraction of sp³-hybridized carbons (Fsp3) is 0.700. The number of hydrogen-bond donors (Lipinski definition) is 2. The van der Waals surface area contributed by atoms with Gasteiger partial charge in [-0.05, 0) is 33.3 Å². The minimum absolute atomic E-state index is 0.488. The minimum atomic E-state index is 0.488. The molecule has 2 N–H and O–H groups in total. The third-order valence-electron chi connectivity index (χ3n) is 5.33. The Kier molecular flexibility index (Phi) is 8.21. The lowest BCUT2D eigenvalue weighted by atomic mass is 10.4. The molecule has 0 amide bonds. The Bertz CT molecular complexity index is 820. The van der Waals surface area contributed by atoms with Crippen molar-refractivity contribution >= 4 is 5.96 Å². The highest BCUT2D eigenvalue weighted by Gasteiger charge is 2.10. The lowest BCUT2D eigenvalue weighted by Gasteiger charge is -2.26. The van der Waals surface area contributed by atoms with Gasteiger partial charge in [-0.2, -0.15) is 5.10 Å². The van der Waals surface area contributed by atoms with Gasteiger partial charge in [0, 0.05) is 52.0 Å². The van der Waals surface area contributed by atoms with Gasteiger partial charge in [0.15, 0.2) is 11.8 Å². The van der Waals surface area contributed by atoms with Crippen molar-refractivity contribution in [2.24, 2.45) is 12.0 Å². The van der Waals surface area contributed by atoms with Crippen LogP contribution in [-0.4, -0.2) is 81.3 Å². The summed E-state index contributed by atoms with van der Waals surface area (Å²) in [4.78, 5) is 7.13. The molecule has 2 aromatic rings. The Morgan fingerprint density at radius 3 is 2.53 bits per heavy atom. The number of rotatable bonds is 9. The zero-order chi connectivity index (χ0) is 21.3. The Hall–Kier alpha value is -2.46. The molecular weight excluding hydrogens is 382 g/mol. The molecule has 2 aromatic heterocycles. The summed E-state index contributed by atoms with van der Waals surface area (Å²) in [6, 6.07) is 2.11. The minimum Gasteiger partial charge on any atom is -0.379 e. The van der Waals surface area contributed by atoms with Crippen LogP contribution < -0.4 is 10.6 Å². The number of aliphatic imine (C=N–C) groups is 1. The van der Waals surface area contributed by atoms with Gasteiger partial charge in [-0.15, -0.1) is 10.2 Å². The number of nitrogens with zero attached hydrogens (tertiary/aromatic N) is 7. The molecule has 1 aliphatic rings. The number of ether oxygens (including phenoxy) is 1. The van der Waals surface area contributed by atoms with Crippen molar-refractivity contribution in [3.8, 4) is 0 Å². The molecule has 0 bridgehead atoms. The molecule has 3 rings (SSSR count). The zero-order valence-electron chi connectivity index (χ0n) is 18.7. The van der Waals surface area contributed by atoms with E-state index in [1.54, 1.807) is 0 Å². The first-order chi connectivity index (χ1) is 14.5. The van der Waals surface area contributed by atoms with Crippen LogP contribution in [0.25, 0.3) is 0 Å². The van der Waals surface area contributed by atoms with E-state index in [0.717, 1.165) is 82.2 Å². The van der Waals surface area contributed by atoms with Gasteiger partial charge < -0.3 is 19.9 Å². The summed E-state index contributed by atoms with van der Waals surface area (Å²) in [6.45, 7) is 13.7. The van der Waals surface area contributed by atoms with E-state index in [9.17, 15) is 0 Å². The maximum Gasteiger partial charge on any atom is 0.191 e. The molecule has 10 nitrogen and oxygen atoms in total. The van der Waals surface area contributed by atoms with Crippen molar-refractivity contribution in [2.75, 3.05) is 45.9 Å². The van der Waals surface area contributed by atoms with Crippen LogP contribution in [0.3, 0.4) is 0 Å². The highest BCUT2D eigenvalue weighted by Crippen LogP contribution is 2.02. The fourth-order valence-corrected chi connectivity index (χ4v) is 3.41. The van der Waals surface area contributed by atoms with E-state index in [4.69, 9.17) is 9.73 Å². The largest absolute Gasteiger partial charge is 0.379 e. The second-order valence-corrected chi connectivity index (χ2v) is 7.70. The molecule has 0 aromatic carbocycles. The molecule has 0 aliphatic carbocycles. The predicted molar refractivity (Wildman–Crippen MR) is 116 cm³/mol.